The predicted octanol–water partition coefficient (Wildman–Crippen LogP) is 3.33. The first-order chi connectivity index (χ1) is 17.9. The van der Waals surface area contributed by atoms with Crippen molar-refractivity contribution in [2.45, 2.75) is 37.5 Å². The summed E-state index contributed by atoms with van der Waals surface area (Å²) in [6.07, 6.45) is -0.337. The Morgan fingerprint density at radius 1 is 1.05 bits per heavy atom. The number of hydrogen-bond donors (Lipinski definition) is 1. The summed E-state index contributed by atoms with van der Waals surface area (Å²) in [5, 5.41) is 19.6. The van der Waals surface area contributed by atoms with Crippen LogP contribution in [0.15, 0.2) is 66.2 Å². The molecule has 0 fully saturated rings. The summed E-state index contributed by atoms with van der Waals surface area (Å²) in [6, 6.07) is 6.37. The number of alkyl halides is 4. The zero-order valence-corrected chi connectivity index (χ0v) is 19.6. The lowest BCUT2D eigenvalue weighted by molar-refractivity contribution is -0.148. The second-order valence-electron chi connectivity index (χ2n) is 8.39. The van der Waals surface area contributed by atoms with Gasteiger partial charge >= 0.3 is 18.0 Å². The number of aromatic nitrogens is 6. The van der Waals surface area contributed by atoms with Crippen LogP contribution in [0.1, 0.15) is 18.5 Å². The minimum Gasteiger partial charge on any atom is -0.487 e. The maximum atomic E-state index is 14.8. The summed E-state index contributed by atoms with van der Waals surface area (Å²) >= 11 is 0. The van der Waals surface area contributed by atoms with E-state index in [0.717, 1.165) is 27.7 Å². The zero-order chi connectivity index (χ0) is 27.7. The Balaban J connectivity index is 1.64. The molecule has 1 N–H and O–H groups in total. The minimum absolute atomic E-state index is 0.149. The molecule has 0 saturated carbocycles. The molecule has 0 aliphatic rings. The molecule has 4 aromatic rings. The standard InChI is InChI=1S/C23H20F6N6O3/c1-14(22(37,9-33-12-30-11-31-33)18-7-2-15(24)8-19(18)25)34-13-32-35(21(34)36)16-3-5-17(6-4-16)38-10-23(28,29)20(26)27/h2-8,11-14,20,37H,9-10H2,1H3. The highest BCUT2D eigenvalue weighted by molar-refractivity contribution is 5.36. The third-order valence-electron chi connectivity index (χ3n) is 5.90. The Morgan fingerprint density at radius 2 is 1.76 bits per heavy atom. The lowest BCUT2D eigenvalue weighted by Gasteiger charge is -2.34. The molecule has 0 aliphatic heterocycles. The van der Waals surface area contributed by atoms with Gasteiger partial charge in [0.2, 0.25) is 0 Å². The van der Waals surface area contributed by atoms with Gasteiger partial charge in [-0.25, -0.2) is 32.0 Å². The Morgan fingerprint density at radius 3 is 2.37 bits per heavy atom. The Bertz CT molecular complexity index is 1440. The molecular weight excluding hydrogens is 522 g/mol. The van der Waals surface area contributed by atoms with Gasteiger partial charge in [-0.1, -0.05) is 6.07 Å². The maximum Gasteiger partial charge on any atom is 0.350 e. The average molecular weight is 542 g/mol. The topological polar surface area (TPSA) is 100.0 Å². The number of nitrogens with zero attached hydrogens (tertiary/aromatic N) is 6. The van der Waals surface area contributed by atoms with Crippen molar-refractivity contribution in [2.24, 2.45) is 0 Å². The summed E-state index contributed by atoms with van der Waals surface area (Å²) in [4.78, 5) is 17.0. The van der Waals surface area contributed by atoms with E-state index in [0.29, 0.717) is 6.07 Å². The third-order valence-corrected chi connectivity index (χ3v) is 5.90. The van der Waals surface area contributed by atoms with E-state index in [1.165, 1.54) is 48.5 Å². The monoisotopic (exact) mass is 542 g/mol. The summed E-state index contributed by atoms with van der Waals surface area (Å²) in [5.41, 5.74) is -3.04. The van der Waals surface area contributed by atoms with Gasteiger partial charge in [-0.15, -0.1) is 0 Å². The Hall–Kier alpha value is -4.14. The van der Waals surface area contributed by atoms with Crippen LogP contribution in [0.4, 0.5) is 26.3 Å². The van der Waals surface area contributed by atoms with Gasteiger partial charge in [0.25, 0.3) is 0 Å². The second-order valence-corrected chi connectivity index (χ2v) is 8.39. The van der Waals surface area contributed by atoms with Gasteiger partial charge < -0.3 is 9.84 Å². The van der Waals surface area contributed by atoms with Gasteiger partial charge in [-0.05, 0) is 37.3 Å². The largest absolute Gasteiger partial charge is 0.487 e. The van der Waals surface area contributed by atoms with Crippen molar-refractivity contribution in [3.05, 3.63) is 89.1 Å². The van der Waals surface area contributed by atoms with Crippen LogP contribution in [0.3, 0.4) is 0 Å². The normalized spacial score (nSPS) is 14.4. The van der Waals surface area contributed by atoms with Gasteiger partial charge in [0.1, 0.15) is 42.0 Å². The summed E-state index contributed by atoms with van der Waals surface area (Å²) in [5.74, 6) is -6.40. The highest BCUT2D eigenvalue weighted by Crippen LogP contribution is 2.36. The highest BCUT2D eigenvalue weighted by Gasteiger charge is 2.42. The molecule has 202 valence electrons. The molecule has 0 amide bonds. The van der Waals surface area contributed by atoms with Crippen LogP contribution >= 0.6 is 0 Å². The van der Waals surface area contributed by atoms with Gasteiger partial charge in [-0.3, -0.25) is 4.57 Å². The number of rotatable bonds is 10. The van der Waals surface area contributed by atoms with Crippen LogP contribution in [0.25, 0.3) is 5.69 Å². The molecule has 4 rings (SSSR count). The van der Waals surface area contributed by atoms with Gasteiger partial charge in [0.05, 0.1) is 18.3 Å². The molecule has 38 heavy (non-hydrogen) atoms. The van der Waals surface area contributed by atoms with E-state index in [1.807, 2.05) is 0 Å². The summed E-state index contributed by atoms with van der Waals surface area (Å²) in [6.45, 7) is -0.475. The Labute approximate surface area is 210 Å². The first kappa shape index (κ1) is 26.9. The third kappa shape index (κ3) is 5.27. The van der Waals surface area contributed by atoms with Gasteiger partial charge in [-0.2, -0.15) is 23.7 Å². The fourth-order valence-electron chi connectivity index (χ4n) is 3.76. The molecule has 0 spiro atoms. The van der Waals surface area contributed by atoms with E-state index < -0.39 is 47.9 Å². The van der Waals surface area contributed by atoms with Crippen LogP contribution in [0, 0.1) is 11.6 Å². The highest BCUT2D eigenvalue weighted by atomic mass is 19.3. The van der Waals surface area contributed by atoms with E-state index >= 15 is 0 Å². The molecule has 2 aromatic carbocycles. The van der Waals surface area contributed by atoms with Crippen molar-refractivity contribution in [3.8, 4) is 11.4 Å². The van der Waals surface area contributed by atoms with Crippen LogP contribution < -0.4 is 10.4 Å². The van der Waals surface area contributed by atoms with E-state index in [-0.39, 0.29) is 23.5 Å². The molecule has 2 heterocycles. The molecular formula is C23H20F6N6O3. The molecule has 0 bridgehead atoms. The quantitative estimate of drug-likeness (QED) is 0.309. The molecule has 15 heteroatoms. The van der Waals surface area contributed by atoms with Crippen molar-refractivity contribution in [2.75, 3.05) is 6.61 Å². The first-order valence-electron chi connectivity index (χ1n) is 11.0. The van der Waals surface area contributed by atoms with Crippen molar-refractivity contribution in [1.29, 1.82) is 0 Å². The predicted molar refractivity (Wildman–Crippen MR) is 119 cm³/mol. The smallest absolute Gasteiger partial charge is 0.350 e. The van der Waals surface area contributed by atoms with Crippen LogP contribution in [0.5, 0.6) is 5.75 Å². The molecule has 9 nitrogen and oxygen atoms in total. The molecule has 2 atom stereocenters. The SMILES string of the molecule is CC(n1cnn(-c2ccc(OCC(F)(F)C(F)F)cc2)c1=O)C(O)(Cn1cncn1)c1ccc(F)cc1F. The van der Waals surface area contributed by atoms with Crippen LogP contribution in [-0.4, -0.2) is 53.2 Å². The van der Waals surface area contributed by atoms with Crippen molar-refractivity contribution >= 4 is 0 Å². The number of aliphatic hydroxyl groups is 1. The average Bonchev–Trinajstić information content (AvgIpc) is 3.52. The minimum atomic E-state index is -4.34. The van der Waals surface area contributed by atoms with E-state index in [9.17, 15) is 36.2 Å². The lowest BCUT2D eigenvalue weighted by Crippen LogP contribution is -2.43. The fraction of sp³-hybridized carbons (Fsp3) is 0.304. The molecule has 0 aliphatic carbocycles. The van der Waals surface area contributed by atoms with Gasteiger partial charge in [0, 0.05) is 11.6 Å². The van der Waals surface area contributed by atoms with Crippen molar-refractivity contribution in [1.82, 2.24) is 29.1 Å². The summed E-state index contributed by atoms with van der Waals surface area (Å²) < 4.78 is 87.0. The number of benzene rings is 2. The second kappa shape index (κ2) is 10.3. The van der Waals surface area contributed by atoms with E-state index in [2.05, 4.69) is 15.2 Å². The van der Waals surface area contributed by atoms with E-state index in [4.69, 9.17) is 4.74 Å². The first-order valence-corrected chi connectivity index (χ1v) is 11.0. The molecule has 0 saturated heterocycles. The number of halogens is 6. The van der Waals surface area contributed by atoms with Gasteiger partial charge in [0.15, 0.2) is 6.61 Å². The number of hydrogen-bond acceptors (Lipinski definition) is 6. The lowest BCUT2D eigenvalue weighted by atomic mass is 9.86. The molecule has 2 aromatic heterocycles. The van der Waals surface area contributed by atoms with E-state index in [1.54, 1.807) is 0 Å². The zero-order valence-electron chi connectivity index (χ0n) is 19.6. The molecule has 2 unspecified atom stereocenters. The maximum absolute atomic E-state index is 14.8. The fourth-order valence-corrected chi connectivity index (χ4v) is 3.76. The Kier molecular flexibility index (Phi) is 7.31. The van der Waals surface area contributed by atoms with Crippen LogP contribution in [-0.2, 0) is 12.1 Å². The van der Waals surface area contributed by atoms with Crippen molar-refractivity contribution in [3.63, 3.8) is 0 Å². The summed E-state index contributed by atoms with van der Waals surface area (Å²) in [7, 11) is 0. The van der Waals surface area contributed by atoms with Crippen LogP contribution in [0.2, 0.25) is 0 Å². The number of ether oxygens (including phenoxy) is 1. The molecule has 0 radical (unpaired) electrons. The van der Waals surface area contributed by atoms with Crippen molar-refractivity contribution < 1.29 is 36.2 Å².